The van der Waals surface area contributed by atoms with Gasteiger partial charge >= 0.3 is 0 Å². The number of aryl methyl sites for hydroxylation is 1. The largest absolute Gasteiger partial charge is 0.368 e. The topological polar surface area (TPSA) is 87.1 Å². The molecule has 9 heteroatoms. The van der Waals surface area contributed by atoms with Crippen molar-refractivity contribution in [1.29, 1.82) is 0 Å². The zero-order valence-corrected chi connectivity index (χ0v) is 15.4. The van der Waals surface area contributed by atoms with Crippen LogP contribution in [0.1, 0.15) is 12.0 Å². The van der Waals surface area contributed by atoms with Crippen LogP contribution in [0.15, 0.2) is 28.7 Å². The summed E-state index contributed by atoms with van der Waals surface area (Å²) in [5.41, 5.74) is 1.46. The molecular formula is C14H23N3O4S2. The summed E-state index contributed by atoms with van der Waals surface area (Å²) in [6, 6.07) is 7.07. The van der Waals surface area contributed by atoms with E-state index in [1.54, 1.807) is 32.3 Å². The monoisotopic (exact) mass is 361 g/mol. The van der Waals surface area contributed by atoms with Crippen LogP contribution in [0.25, 0.3) is 0 Å². The molecular weight excluding hydrogens is 338 g/mol. The molecule has 130 valence electrons. The molecule has 0 N–H and O–H groups in total. The molecule has 7 nitrogen and oxygen atoms in total. The van der Waals surface area contributed by atoms with E-state index in [4.69, 9.17) is 0 Å². The fourth-order valence-corrected chi connectivity index (χ4v) is 3.77. The Morgan fingerprint density at radius 3 is 2.35 bits per heavy atom. The third-order valence-corrected chi connectivity index (χ3v) is 5.31. The van der Waals surface area contributed by atoms with E-state index in [1.165, 1.54) is 15.5 Å². The predicted octanol–water partition coefficient (Wildman–Crippen LogP) is 1.07. The molecule has 0 atom stereocenters. The van der Waals surface area contributed by atoms with Crippen molar-refractivity contribution in [3.63, 3.8) is 0 Å². The summed E-state index contributed by atoms with van der Waals surface area (Å²) in [5.74, 6) is -0.213. The van der Waals surface area contributed by atoms with E-state index in [0.717, 1.165) is 11.8 Å². The number of rotatable bonds is 8. The van der Waals surface area contributed by atoms with E-state index < -0.39 is 20.0 Å². The van der Waals surface area contributed by atoms with Crippen LogP contribution in [-0.4, -0.2) is 60.7 Å². The van der Waals surface area contributed by atoms with Crippen molar-refractivity contribution in [2.24, 2.45) is 4.40 Å². The lowest BCUT2D eigenvalue weighted by Crippen LogP contribution is -2.31. The normalized spacial score (nSPS) is 12.5. The second-order valence-corrected chi connectivity index (χ2v) is 9.19. The highest BCUT2D eigenvalue weighted by atomic mass is 32.2. The summed E-state index contributed by atoms with van der Waals surface area (Å²) in [4.78, 5) is 1.52. The summed E-state index contributed by atoms with van der Waals surface area (Å²) < 4.78 is 52.2. The molecule has 1 rings (SSSR count). The number of hydrogen-bond acceptors (Lipinski definition) is 4. The zero-order chi connectivity index (χ0) is 17.7. The highest BCUT2D eigenvalue weighted by Crippen LogP contribution is 2.19. The van der Waals surface area contributed by atoms with Gasteiger partial charge in [-0.05, 0) is 31.0 Å². The first-order valence-corrected chi connectivity index (χ1v) is 10.5. The first-order chi connectivity index (χ1) is 10.5. The Hall–Kier alpha value is -1.61. The third-order valence-electron chi connectivity index (χ3n) is 2.89. The van der Waals surface area contributed by atoms with Gasteiger partial charge in [-0.2, -0.15) is 4.40 Å². The van der Waals surface area contributed by atoms with E-state index >= 15 is 0 Å². The minimum atomic E-state index is -3.60. The lowest BCUT2D eigenvalue weighted by molar-refractivity contribution is 0.587. The summed E-state index contributed by atoms with van der Waals surface area (Å²) in [7, 11) is -3.75. The SMILES string of the molecule is Cc1cccc(N(CCCS(=O)(=O)/N=C/N(C)C)S(C)(=O)=O)c1. The maximum absolute atomic E-state index is 12.0. The first kappa shape index (κ1) is 19.4. The van der Waals surface area contributed by atoms with E-state index in [1.807, 2.05) is 13.0 Å². The van der Waals surface area contributed by atoms with Crippen molar-refractivity contribution in [3.05, 3.63) is 29.8 Å². The molecule has 1 aromatic carbocycles. The van der Waals surface area contributed by atoms with Crippen LogP contribution in [0.4, 0.5) is 5.69 Å². The van der Waals surface area contributed by atoms with Crippen molar-refractivity contribution in [2.75, 3.05) is 37.0 Å². The zero-order valence-electron chi connectivity index (χ0n) is 13.8. The molecule has 0 aliphatic heterocycles. The number of nitrogens with zero attached hydrogens (tertiary/aromatic N) is 3. The van der Waals surface area contributed by atoms with E-state index in [-0.39, 0.29) is 18.7 Å². The van der Waals surface area contributed by atoms with Gasteiger partial charge in [0.05, 0.1) is 17.7 Å². The first-order valence-electron chi connectivity index (χ1n) is 7.00. The minimum Gasteiger partial charge on any atom is -0.368 e. The van der Waals surface area contributed by atoms with Crippen molar-refractivity contribution < 1.29 is 16.8 Å². The van der Waals surface area contributed by atoms with Crippen LogP contribution in [0.5, 0.6) is 0 Å². The number of anilines is 1. The fraction of sp³-hybridized carbons (Fsp3) is 0.500. The van der Waals surface area contributed by atoms with Gasteiger partial charge in [-0.15, -0.1) is 0 Å². The van der Waals surface area contributed by atoms with Gasteiger partial charge in [-0.1, -0.05) is 12.1 Å². The number of benzene rings is 1. The predicted molar refractivity (Wildman–Crippen MR) is 94.0 cm³/mol. The Labute approximate surface area is 138 Å². The van der Waals surface area contributed by atoms with E-state index in [0.29, 0.717) is 5.69 Å². The number of hydrogen-bond donors (Lipinski definition) is 0. The van der Waals surface area contributed by atoms with Crippen LogP contribution >= 0.6 is 0 Å². The molecule has 0 aliphatic carbocycles. The molecule has 0 amide bonds. The van der Waals surface area contributed by atoms with Gasteiger partial charge in [-0.3, -0.25) is 4.31 Å². The highest BCUT2D eigenvalue weighted by Gasteiger charge is 2.18. The molecule has 0 saturated heterocycles. The Bertz CT molecular complexity index is 756. The van der Waals surface area contributed by atoms with Crippen LogP contribution in [0.2, 0.25) is 0 Å². The average molecular weight is 361 g/mol. The molecule has 23 heavy (non-hydrogen) atoms. The Kier molecular flexibility index (Phi) is 6.57. The third kappa shape index (κ3) is 7.00. The summed E-state index contributed by atoms with van der Waals surface area (Å²) in [6.07, 6.45) is 2.48. The Morgan fingerprint density at radius 2 is 1.83 bits per heavy atom. The fourth-order valence-electron chi connectivity index (χ4n) is 1.88. The van der Waals surface area contributed by atoms with Gasteiger partial charge in [0.1, 0.15) is 6.34 Å². The van der Waals surface area contributed by atoms with Crippen LogP contribution in [0.3, 0.4) is 0 Å². The number of sulfonamides is 2. The Balaban J connectivity index is 2.82. The molecule has 0 bridgehead atoms. The van der Waals surface area contributed by atoms with Crippen molar-refractivity contribution >= 4 is 32.1 Å². The lowest BCUT2D eigenvalue weighted by Gasteiger charge is -2.22. The van der Waals surface area contributed by atoms with Gasteiger partial charge in [0.15, 0.2) is 0 Å². The molecule has 0 aromatic heterocycles. The van der Waals surface area contributed by atoms with Gasteiger partial charge < -0.3 is 4.90 Å². The second kappa shape index (κ2) is 7.78. The molecule has 1 aromatic rings. The van der Waals surface area contributed by atoms with Gasteiger partial charge in [0, 0.05) is 20.6 Å². The van der Waals surface area contributed by atoms with E-state index in [9.17, 15) is 16.8 Å². The van der Waals surface area contributed by atoms with Crippen molar-refractivity contribution in [2.45, 2.75) is 13.3 Å². The Morgan fingerprint density at radius 1 is 1.17 bits per heavy atom. The summed E-state index contributed by atoms with van der Waals surface area (Å²) in [5, 5.41) is 0. The molecule has 0 unspecified atom stereocenters. The van der Waals surface area contributed by atoms with Crippen LogP contribution < -0.4 is 4.31 Å². The molecule has 0 saturated carbocycles. The average Bonchev–Trinajstić information content (AvgIpc) is 2.40. The molecule has 0 aliphatic rings. The maximum atomic E-state index is 12.0. The van der Waals surface area contributed by atoms with Gasteiger partial charge in [0.2, 0.25) is 10.0 Å². The summed E-state index contributed by atoms with van der Waals surface area (Å²) in [6.45, 7) is 1.95. The van der Waals surface area contributed by atoms with Crippen LogP contribution in [-0.2, 0) is 20.0 Å². The minimum absolute atomic E-state index is 0.0823. The maximum Gasteiger partial charge on any atom is 0.254 e. The molecule has 0 fully saturated rings. The van der Waals surface area contributed by atoms with E-state index in [2.05, 4.69) is 4.40 Å². The standard InChI is InChI=1S/C14H23N3O4S2/c1-13-7-5-8-14(11-13)17(22(4,18)19)9-6-10-23(20,21)15-12-16(2)3/h5,7-8,11-12H,6,9-10H2,1-4H3/b15-12+. The van der Waals surface area contributed by atoms with Gasteiger partial charge in [0.25, 0.3) is 10.0 Å². The lowest BCUT2D eigenvalue weighted by atomic mass is 10.2. The smallest absolute Gasteiger partial charge is 0.254 e. The highest BCUT2D eigenvalue weighted by molar-refractivity contribution is 7.92. The van der Waals surface area contributed by atoms with Crippen LogP contribution in [0, 0.1) is 6.92 Å². The van der Waals surface area contributed by atoms with Gasteiger partial charge in [-0.25, -0.2) is 16.8 Å². The summed E-state index contributed by atoms with van der Waals surface area (Å²) >= 11 is 0. The quantitative estimate of drug-likeness (QED) is 0.511. The molecule has 0 heterocycles. The molecule has 0 radical (unpaired) electrons. The molecule has 0 spiro atoms. The van der Waals surface area contributed by atoms with Crippen molar-refractivity contribution in [3.8, 4) is 0 Å². The second-order valence-electron chi connectivity index (χ2n) is 5.50. The van der Waals surface area contributed by atoms with Crippen molar-refractivity contribution in [1.82, 2.24) is 4.90 Å².